The van der Waals surface area contributed by atoms with E-state index in [9.17, 15) is 13.2 Å². The summed E-state index contributed by atoms with van der Waals surface area (Å²) in [5.41, 5.74) is 0.567. The van der Waals surface area contributed by atoms with E-state index in [0.717, 1.165) is 0 Å². The fourth-order valence-corrected chi connectivity index (χ4v) is 2.98. The number of pyridine rings is 1. The Hall–Kier alpha value is -2.43. The second kappa shape index (κ2) is 5.91. The zero-order valence-corrected chi connectivity index (χ0v) is 12.1. The number of benzene rings is 1. The predicted octanol–water partition coefficient (Wildman–Crippen LogP) is 0.735. The van der Waals surface area contributed by atoms with Gasteiger partial charge in [-0.1, -0.05) is 18.2 Å². The van der Waals surface area contributed by atoms with E-state index in [1.54, 1.807) is 31.4 Å². The standard InChI is InChI=1S/C14H13N3O3S/c1-17-10-11(6-7-14(17)18)9-16-21(19,20)13-5-3-2-4-12(13)8-15/h2-7,10,16H,9H2,1H3. The Kier molecular flexibility index (Phi) is 4.21. The first-order valence-corrected chi connectivity index (χ1v) is 7.57. The predicted molar refractivity (Wildman–Crippen MR) is 76.9 cm³/mol. The van der Waals surface area contributed by atoms with E-state index in [2.05, 4.69) is 4.72 Å². The molecule has 108 valence electrons. The van der Waals surface area contributed by atoms with E-state index in [-0.39, 0.29) is 22.6 Å². The highest BCUT2D eigenvalue weighted by atomic mass is 32.2. The van der Waals surface area contributed by atoms with Crippen molar-refractivity contribution in [1.82, 2.24) is 9.29 Å². The molecule has 0 atom stereocenters. The highest BCUT2D eigenvalue weighted by Gasteiger charge is 2.17. The van der Waals surface area contributed by atoms with E-state index < -0.39 is 10.0 Å². The van der Waals surface area contributed by atoms with E-state index in [0.29, 0.717) is 5.56 Å². The van der Waals surface area contributed by atoms with Crippen LogP contribution in [0.1, 0.15) is 11.1 Å². The zero-order chi connectivity index (χ0) is 15.5. The van der Waals surface area contributed by atoms with Crippen molar-refractivity contribution in [3.63, 3.8) is 0 Å². The van der Waals surface area contributed by atoms with Crippen molar-refractivity contribution >= 4 is 10.0 Å². The molecular formula is C14H13N3O3S. The third-order valence-corrected chi connectivity index (χ3v) is 4.37. The first-order valence-electron chi connectivity index (χ1n) is 6.08. The lowest BCUT2D eigenvalue weighted by Crippen LogP contribution is -2.25. The topological polar surface area (TPSA) is 92.0 Å². The van der Waals surface area contributed by atoms with Crippen LogP contribution in [0.4, 0.5) is 0 Å². The van der Waals surface area contributed by atoms with Crippen molar-refractivity contribution in [2.45, 2.75) is 11.4 Å². The lowest BCUT2D eigenvalue weighted by Gasteiger charge is -2.08. The van der Waals surface area contributed by atoms with Gasteiger partial charge in [-0.3, -0.25) is 4.79 Å². The highest BCUT2D eigenvalue weighted by Crippen LogP contribution is 2.14. The molecule has 0 radical (unpaired) electrons. The molecular weight excluding hydrogens is 290 g/mol. The Labute approximate surface area is 122 Å². The average Bonchev–Trinajstić information content (AvgIpc) is 2.48. The van der Waals surface area contributed by atoms with Gasteiger partial charge in [0, 0.05) is 25.9 Å². The molecule has 0 aliphatic carbocycles. The lowest BCUT2D eigenvalue weighted by molar-refractivity contribution is 0.580. The number of hydrogen-bond acceptors (Lipinski definition) is 4. The van der Waals surface area contributed by atoms with Gasteiger partial charge in [0.25, 0.3) is 0 Å². The smallest absolute Gasteiger partial charge is 0.250 e. The van der Waals surface area contributed by atoms with Crippen LogP contribution in [0.5, 0.6) is 0 Å². The average molecular weight is 303 g/mol. The van der Waals surface area contributed by atoms with E-state index in [4.69, 9.17) is 5.26 Å². The van der Waals surface area contributed by atoms with Gasteiger partial charge in [0.1, 0.15) is 6.07 Å². The maximum atomic E-state index is 12.2. The minimum Gasteiger partial charge on any atom is -0.318 e. The summed E-state index contributed by atoms with van der Waals surface area (Å²) in [6, 6.07) is 10.8. The summed E-state index contributed by atoms with van der Waals surface area (Å²) in [5.74, 6) is 0. The van der Waals surface area contributed by atoms with Crippen molar-refractivity contribution in [2.24, 2.45) is 7.05 Å². The number of aryl methyl sites for hydroxylation is 1. The van der Waals surface area contributed by atoms with Crippen LogP contribution in [-0.4, -0.2) is 13.0 Å². The second-order valence-electron chi connectivity index (χ2n) is 4.42. The summed E-state index contributed by atoms with van der Waals surface area (Å²) >= 11 is 0. The Morgan fingerprint density at radius 1 is 1.24 bits per heavy atom. The number of hydrogen-bond donors (Lipinski definition) is 1. The van der Waals surface area contributed by atoms with Gasteiger partial charge in [-0.25, -0.2) is 13.1 Å². The van der Waals surface area contributed by atoms with Gasteiger partial charge in [-0.2, -0.15) is 5.26 Å². The summed E-state index contributed by atoms with van der Waals surface area (Å²) in [6.45, 7) is 0.0379. The number of nitrogens with zero attached hydrogens (tertiary/aromatic N) is 2. The molecule has 0 bridgehead atoms. The molecule has 0 spiro atoms. The van der Waals surface area contributed by atoms with Crippen LogP contribution in [0, 0.1) is 11.3 Å². The Balaban J connectivity index is 2.24. The van der Waals surface area contributed by atoms with Crippen LogP contribution in [0.2, 0.25) is 0 Å². The molecule has 6 nitrogen and oxygen atoms in total. The molecule has 2 rings (SSSR count). The molecule has 2 aromatic rings. The molecule has 0 saturated carbocycles. The molecule has 0 aliphatic heterocycles. The third kappa shape index (κ3) is 3.37. The number of nitrogens with one attached hydrogen (secondary N) is 1. The largest absolute Gasteiger partial charge is 0.318 e. The molecule has 21 heavy (non-hydrogen) atoms. The van der Waals surface area contributed by atoms with Crippen LogP contribution in [-0.2, 0) is 23.6 Å². The summed E-state index contributed by atoms with van der Waals surface area (Å²) < 4.78 is 28.2. The molecule has 1 heterocycles. The minimum atomic E-state index is -3.78. The molecule has 1 aromatic carbocycles. The van der Waals surface area contributed by atoms with Gasteiger partial charge >= 0.3 is 0 Å². The molecule has 1 N–H and O–H groups in total. The van der Waals surface area contributed by atoms with E-state index in [1.807, 2.05) is 6.07 Å². The highest BCUT2D eigenvalue weighted by molar-refractivity contribution is 7.89. The fraction of sp³-hybridized carbons (Fsp3) is 0.143. The van der Waals surface area contributed by atoms with Crippen molar-refractivity contribution in [3.8, 4) is 6.07 Å². The van der Waals surface area contributed by atoms with Gasteiger partial charge in [-0.05, 0) is 17.7 Å². The molecule has 0 amide bonds. The summed E-state index contributed by atoms with van der Waals surface area (Å²) in [4.78, 5) is 11.2. The maximum absolute atomic E-state index is 12.2. The third-order valence-electron chi connectivity index (χ3n) is 2.91. The molecule has 0 saturated heterocycles. The van der Waals surface area contributed by atoms with Crippen LogP contribution in [0.25, 0.3) is 0 Å². The van der Waals surface area contributed by atoms with E-state index in [1.165, 1.54) is 22.8 Å². The Morgan fingerprint density at radius 2 is 1.95 bits per heavy atom. The Morgan fingerprint density at radius 3 is 2.62 bits per heavy atom. The molecule has 0 unspecified atom stereocenters. The van der Waals surface area contributed by atoms with Gasteiger partial charge in [0.15, 0.2) is 0 Å². The number of sulfonamides is 1. The zero-order valence-electron chi connectivity index (χ0n) is 11.3. The monoisotopic (exact) mass is 303 g/mol. The van der Waals surface area contributed by atoms with Crippen LogP contribution >= 0.6 is 0 Å². The van der Waals surface area contributed by atoms with Gasteiger partial charge < -0.3 is 4.57 Å². The first-order chi connectivity index (χ1) is 9.94. The fourth-order valence-electron chi connectivity index (χ4n) is 1.81. The number of aromatic nitrogens is 1. The number of nitriles is 1. The van der Waals surface area contributed by atoms with Crippen molar-refractivity contribution in [1.29, 1.82) is 5.26 Å². The van der Waals surface area contributed by atoms with Crippen molar-refractivity contribution in [3.05, 3.63) is 64.1 Å². The van der Waals surface area contributed by atoms with E-state index >= 15 is 0 Å². The van der Waals surface area contributed by atoms with Crippen LogP contribution < -0.4 is 10.3 Å². The maximum Gasteiger partial charge on any atom is 0.250 e. The second-order valence-corrected chi connectivity index (χ2v) is 6.15. The quantitative estimate of drug-likeness (QED) is 0.901. The molecule has 7 heteroatoms. The lowest BCUT2D eigenvalue weighted by atomic mass is 10.2. The van der Waals surface area contributed by atoms with Crippen molar-refractivity contribution < 1.29 is 8.42 Å². The Bertz CT molecular complexity index is 864. The molecule has 1 aromatic heterocycles. The SMILES string of the molecule is Cn1cc(CNS(=O)(=O)c2ccccc2C#N)ccc1=O. The van der Waals surface area contributed by atoms with Crippen molar-refractivity contribution in [2.75, 3.05) is 0 Å². The van der Waals surface area contributed by atoms with Gasteiger partial charge in [-0.15, -0.1) is 0 Å². The van der Waals surface area contributed by atoms with Gasteiger partial charge in [0.2, 0.25) is 15.6 Å². The molecule has 0 aliphatic rings. The summed E-state index contributed by atoms with van der Waals surface area (Å²) in [5, 5.41) is 8.95. The normalized spacial score (nSPS) is 11.0. The van der Waals surface area contributed by atoms with Gasteiger partial charge in [0.05, 0.1) is 10.5 Å². The van der Waals surface area contributed by atoms with Crippen LogP contribution in [0.15, 0.2) is 52.3 Å². The first kappa shape index (κ1) is 15.0. The minimum absolute atomic E-state index is 0.0379. The summed E-state index contributed by atoms with van der Waals surface area (Å²) in [6.07, 6.45) is 1.56. The summed E-state index contributed by atoms with van der Waals surface area (Å²) in [7, 11) is -2.20. The number of rotatable bonds is 4. The van der Waals surface area contributed by atoms with Crippen LogP contribution in [0.3, 0.4) is 0 Å². The molecule has 0 fully saturated rings.